The Balaban J connectivity index is 1.38. The molecule has 2 atom stereocenters. The Morgan fingerprint density at radius 1 is 0.692 bits per heavy atom. The quantitative estimate of drug-likeness (QED) is 0.325. The van der Waals surface area contributed by atoms with Gasteiger partial charge in [-0.2, -0.15) is 0 Å². The Bertz CT molecular complexity index is 1000. The van der Waals surface area contributed by atoms with E-state index in [4.69, 9.17) is 0 Å². The van der Waals surface area contributed by atoms with Crippen molar-refractivity contribution in [3.8, 4) is 0 Å². The highest BCUT2D eigenvalue weighted by Crippen LogP contribution is 2.31. The van der Waals surface area contributed by atoms with E-state index < -0.39 is 0 Å². The number of nitrogens with one attached hydrogen (secondary N) is 4. The molecule has 0 amide bonds. The van der Waals surface area contributed by atoms with E-state index in [2.05, 4.69) is 101 Å². The summed E-state index contributed by atoms with van der Waals surface area (Å²) in [4.78, 5) is 6.77. The fraction of sp³-hybridized carbons (Fsp3) is 0.200. The van der Waals surface area contributed by atoms with E-state index in [9.17, 15) is 0 Å². The summed E-state index contributed by atoms with van der Waals surface area (Å²) in [6.45, 7) is 1.80. The largest absolute Gasteiger partial charge is 0.361 e. The molecule has 0 aliphatic carbocycles. The first-order chi connectivity index (χ1) is 12.7. The molecule has 5 rings (SSSR count). The van der Waals surface area contributed by atoms with Crippen molar-refractivity contribution in [3.63, 3.8) is 0 Å². The first kappa shape index (κ1) is 16.6. The first-order valence-corrected chi connectivity index (χ1v) is 10.3. The van der Waals surface area contributed by atoms with Crippen molar-refractivity contribution >= 4 is 53.7 Å². The molecule has 132 valence electrons. The van der Waals surface area contributed by atoms with Crippen LogP contribution in [-0.4, -0.2) is 23.1 Å². The number of aromatic amines is 2. The molecule has 0 saturated carbocycles. The molecule has 4 nitrogen and oxygen atoms in total. The standard InChI is InChI=1S/C20H18Br2N4/c21-11-1-3-13-15(7-23-17(13)5-11)19-9-26-20(10-25-19)16-8-24-18-6-12(22)2-4-14(16)18/h1-8,19-20,23-26H,9-10H2/t19-,20-/m1/s1. The summed E-state index contributed by atoms with van der Waals surface area (Å²) >= 11 is 7.08. The third-order valence-corrected chi connectivity index (χ3v) is 6.23. The lowest BCUT2D eigenvalue weighted by Gasteiger charge is -2.31. The molecule has 6 heteroatoms. The van der Waals surface area contributed by atoms with Crippen LogP contribution in [0.3, 0.4) is 0 Å². The Morgan fingerprint density at radius 2 is 1.15 bits per heavy atom. The molecule has 0 unspecified atom stereocenters. The van der Waals surface area contributed by atoms with Gasteiger partial charge in [-0.25, -0.2) is 0 Å². The van der Waals surface area contributed by atoms with Crippen LogP contribution < -0.4 is 10.6 Å². The molecule has 3 heterocycles. The average molecular weight is 474 g/mol. The maximum atomic E-state index is 3.73. The first-order valence-electron chi connectivity index (χ1n) is 8.69. The van der Waals surface area contributed by atoms with Crippen LogP contribution >= 0.6 is 31.9 Å². The normalized spacial score (nSPS) is 20.8. The van der Waals surface area contributed by atoms with E-state index in [0.717, 1.165) is 22.0 Å². The zero-order chi connectivity index (χ0) is 17.7. The molecule has 2 aromatic heterocycles. The van der Waals surface area contributed by atoms with Crippen LogP contribution in [0.15, 0.2) is 57.7 Å². The lowest BCUT2D eigenvalue weighted by Crippen LogP contribution is -2.44. The van der Waals surface area contributed by atoms with Crippen LogP contribution in [0.25, 0.3) is 21.8 Å². The number of aromatic nitrogens is 2. The molecule has 0 spiro atoms. The van der Waals surface area contributed by atoms with Gasteiger partial charge in [-0.15, -0.1) is 0 Å². The zero-order valence-corrected chi connectivity index (χ0v) is 17.1. The second-order valence-corrected chi connectivity index (χ2v) is 8.62. The van der Waals surface area contributed by atoms with E-state index in [1.165, 1.54) is 32.9 Å². The Hall–Kier alpha value is -1.60. The van der Waals surface area contributed by atoms with Gasteiger partial charge in [0.05, 0.1) is 0 Å². The van der Waals surface area contributed by atoms with Gasteiger partial charge in [0.2, 0.25) is 0 Å². The van der Waals surface area contributed by atoms with Crippen molar-refractivity contribution in [2.45, 2.75) is 12.1 Å². The molecule has 1 saturated heterocycles. The molecule has 4 aromatic rings. The summed E-state index contributed by atoms with van der Waals surface area (Å²) in [7, 11) is 0. The molecular weight excluding hydrogens is 456 g/mol. The number of benzene rings is 2. The molecule has 1 aliphatic rings. The molecule has 1 aliphatic heterocycles. The summed E-state index contributed by atoms with van der Waals surface area (Å²) in [6, 6.07) is 13.4. The maximum absolute atomic E-state index is 3.73. The van der Waals surface area contributed by atoms with Gasteiger partial charge in [-0.05, 0) is 35.4 Å². The van der Waals surface area contributed by atoms with Crippen molar-refractivity contribution in [1.29, 1.82) is 0 Å². The predicted molar refractivity (Wildman–Crippen MR) is 113 cm³/mol. The predicted octanol–water partition coefficient (Wildman–Crippen LogP) is 5.15. The maximum Gasteiger partial charge on any atom is 0.0468 e. The number of piperazine rings is 1. The Morgan fingerprint density at radius 3 is 1.58 bits per heavy atom. The van der Waals surface area contributed by atoms with E-state index in [0.29, 0.717) is 12.1 Å². The third kappa shape index (κ3) is 2.81. The minimum Gasteiger partial charge on any atom is -0.361 e. The van der Waals surface area contributed by atoms with Crippen LogP contribution in [0.1, 0.15) is 23.2 Å². The Kier molecular flexibility index (Phi) is 4.16. The van der Waals surface area contributed by atoms with Crippen molar-refractivity contribution in [1.82, 2.24) is 20.6 Å². The van der Waals surface area contributed by atoms with Crippen LogP contribution in [0, 0.1) is 0 Å². The average Bonchev–Trinajstić information content (AvgIpc) is 3.25. The highest BCUT2D eigenvalue weighted by atomic mass is 79.9. The van der Waals surface area contributed by atoms with Gasteiger partial charge in [-0.3, -0.25) is 0 Å². The topological polar surface area (TPSA) is 55.6 Å². The number of halogens is 2. The van der Waals surface area contributed by atoms with Crippen molar-refractivity contribution in [3.05, 3.63) is 68.9 Å². The van der Waals surface area contributed by atoms with Crippen LogP contribution in [0.5, 0.6) is 0 Å². The van der Waals surface area contributed by atoms with Crippen LogP contribution in [-0.2, 0) is 0 Å². The zero-order valence-electron chi connectivity index (χ0n) is 13.9. The van der Waals surface area contributed by atoms with E-state index in [1.807, 2.05) is 0 Å². The van der Waals surface area contributed by atoms with Crippen molar-refractivity contribution in [2.75, 3.05) is 13.1 Å². The van der Waals surface area contributed by atoms with Crippen LogP contribution in [0.4, 0.5) is 0 Å². The second-order valence-electron chi connectivity index (χ2n) is 6.79. The number of fused-ring (bicyclic) bond motifs is 2. The fourth-order valence-corrected chi connectivity index (χ4v) is 4.64. The molecular formula is C20H18Br2N4. The van der Waals surface area contributed by atoms with E-state index in [-0.39, 0.29) is 0 Å². The van der Waals surface area contributed by atoms with Crippen LogP contribution in [0.2, 0.25) is 0 Å². The van der Waals surface area contributed by atoms with Gasteiger partial charge in [0.15, 0.2) is 0 Å². The summed E-state index contributed by atoms with van der Waals surface area (Å²) in [5, 5.41) is 10.0. The molecule has 26 heavy (non-hydrogen) atoms. The van der Waals surface area contributed by atoms with Gasteiger partial charge in [0.25, 0.3) is 0 Å². The van der Waals surface area contributed by atoms with E-state index in [1.54, 1.807) is 0 Å². The number of rotatable bonds is 2. The van der Waals surface area contributed by atoms with Gasteiger partial charge in [0.1, 0.15) is 0 Å². The van der Waals surface area contributed by atoms with Gasteiger partial charge in [-0.1, -0.05) is 44.0 Å². The number of hydrogen-bond donors (Lipinski definition) is 4. The molecule has 2 aromatic carbocycles. The molecule has 4 N–H and O–H groups in total. The summed E-state index contributed by atoms with van der Waals surface area (Å²) < 4.78 is 2.19. The van der Waals surface area contributed by atoms with Crippen molar-refractivity contribution < 1.29 is 0 Å². The fourth-order valence-electron chi connectivity index (χ4n) is 3.92. The Labute approximate surface area is 168 Å². The summed E-state index contributed by atoms with van der Waals surface area (Å²) in [5.74, 6) is 0. The lowest BCUT2D eigenvalue weighted by molar-refractivity contribution is 0.359. The number of hydrogen-bond acceptors (Lipinski definition) is 2. The summed E-state index contributed by atoms with van der Waals surface area (Å²) in [6.07, 6.45) is 4.25. The lowest BCUT2D eigenvalue weighted by atomic mass is 9.99. The number of H-pyrrole nitrogens is 2. The van der Waals surface area contributed by atoms with Crippen molar-refractivity contribution in [2.24, 2.45) is 0 Å². The van der Waals surface area contributed by atoms with Gasteiger partial charge >= 0.3 is 0 Å². The minimum atomic E-state index is 0.306. The van der Waals surface area contributed by atoms with E-state index >= 15 is 0 Å². The molecule has 1 fully saturated rings. The minimum absolute atomic E-state index is 0.306. The van der Waals surface area contributed by atoms with Gasteiger partial charge in [0, 0.05) is 68.3 Å². The molecule has 0 bridgehead atoms. The summed E-state index contributed by atoms with van der Waals surface area (Å²) in [5.41, 5.74) is 4.98. The highest BCUT2D eigenvalue weighted by Gasteiger charge is 2.25. The third-order valence-electron chi connectivity index (χ3n) is 5.24. The SMILES string of the molecule is Brc1ccc2c([C@H]3CN[C@@H](c4c[nH]c5cc(Br)ccc45)CN3)c[nH]c2c1. The molecule has 0 radical (unpaired) electrons. The monoisotopic (exact) mass is 472 g/mol. The highest BCUT2D eigenvalue weighted by molar-refractivity contribution is 9.10. The smallest absolute Gasteiger partial charge is 0.0468 e. The second kappa shape index (κ2) is 6.53. The van der Waals surface area contributed by atoms with Gasteiger partial charge < -0.3 is 20.6 Å².